The van der Waals surface area contributed by atoms with Crippen LogP contribution in [0.5, 0.6) is 0 Å². The van der Waals surface area contributed by atoms with Crippen LogP contribution in [0, 0.1) is 0 Å². The van der Waals surface area contributed by atoms with Gasteiger partial charge in [0, 0.05) is 43.7 Å². The van der Waals surface area contributed by atoms with E-state index in [4.69, 9.17) is 9.15 Å². The van der Waals surface area contributed by atoms with Crippen molar-refractivity contribution in [2.24, 2.45) is 0 Å². The first-order valence-corrected chi connectivity index (χ1v) is 7.62. The standard InChI is InChI=1S/C17H22N2O2/c1-2-21-17-5-8-19(12-15-6-9-20-13-15)16(17)10-14-4-3-7-18-11-14/h3-4,6-7,9,11,13,16-17H,2,5,8,10,12H2,1H3/t16-,17-/m1/s1. The second kappa shape index (κ2) is 6.87. The van der Waals surface area contributed by atoms with Gasteiger partial charge < -0.3 is 9.15 Å². The van der Waals surface area contributed by atoms with Crippen LogP contribution in [-0.2, 0) is 17.7 Å². The van der Waals surface area contributed by atoms with Gasteiger partial charge in [0.2, 0.25) is 0 Å². The molecule has 0 unspecified atom stereocenters. The van der Waals surface area contributed by atoms with Crippen LogP contribution < -0.4 is 0 Å². The highest BCUT2D eigenvalue weighted by Crippen LogP contribution is 2.26. The van der Waals surface area contributed by atoms with Crippen molar-refractivity contribution in [2.75, 3.05) is 13.2 Å². The third-order valence-electron chi connectivity index (χ3n) is 4.11. The lowest BCUT2D eigenvalue weighted by molar-refractivity contribution is 0.0331. The number of likely N-dealkylation sites (tertiary alicyclic amines) is 1. The highest BCUT2D eigenvalue weighted by molar-refractivity contribution is 5.13. The first kappa shape index (κ1) is 14.3. The average molecular weight is 286 g/mol. The lowest BCUT2D eigenvalue weighted by atomic mass is 10.0. The Morgan fingerprint density at radius 2 is 2.33 bits per heavy atom. The average Bonchev–Trinajstić information content (AvgIpc) is 3.14. The molecule has 4 nitrogen and oxygen atoms in total. The van der Waals surface area contributed by atoms with Gasteiger partial charge in [-0.2, -0.15) is 0 Å². The molecule has 0 N–H and O–H groups in total. The molecule has 1 fully saturated rings. The van der Waals surface area contributed by atoms with Gasteiger partial charge in [-0.05, 0) is 37.5 Å². The fraction of sp³-hybridized carbons (Fsp3) is 0.471. The first-order valence-electron chi connectivity index (χ1n) is 7.62. The van der Waals surface area contributed by atoms with Crippen molar-refractivity contribution in [1.29, 1.82) is 0 Å². The Balaban J connectivity index is 1.72. The molecule has 2 aromatic rings. The number of pyridine rings is 1. The molecule has 3 heterocycles. The quantitative estimate of drug-likeness (QED) is 0.818. The molecule has 2 aromatic heterocycles. The Morgan fingerprint density at radius 3 is 3.05 bits per heavy atom. The summed E-state index contributed by atoms with van der Waals surface area (Å²) in [6.07, 6.45) is 9.73. The molecule has 1 aliphatic heterocycles. The van der Waals surface area contributed by atoms with E-state index < -0.39 is 0 Å². The smallest absolute Gasteiger partial charge is 0.0947 e. The maximum absolute atomic E-state index is 5.95. The molecule has 0 aliphatic carbocycles. The normalized spacial score (nSPS) is 22.7. The largest absolute Gasteiger partial charge is 0.472 e. The number of hydrogen-bond acceptors (Lipinski definition) is 4. The Bertz CT molecular complexity index is 527. The summed E-state index contributed by atoms with van der Waals surface area (Å²) in [5.41, 5.74) is 2.50. The Morgan fingerprint density at radius 1 is 1.38 bits per heavy atom. The molecule has 0 radical (unpaired) electrons. The van der Waals surface area contributed by atoms with Crippen LogP contribution in [0.4, 0.5) is 0 Å². The predicted molar refractivity (Wildman–Crippen MR) is 80.9 cm³/mol. The number of nitrogens with zero attached hydrogens (tertiary/aromatic N) is 2. The molecule has 0 saturated carbocycles. The van der Waals surface area contributed by atoms with E-state index >= 15 is 0 Å². The molecule has 0 spiro atoms. The minimum atomic E-state index is 0.308. The van der Waals surface area contributed by atoms with Crippen molar-refractivity contribution in [3.05, 3.63) is 54.2 Å². The van der Waals surface area contributed by atoms with Gasteiger partial charge >= 0.3 is 0 Å². The van der Waals surface area contributed by atoms with Crippen molar-refractivity contribution in [3.63, 3.8) is 0 Å². The van der Waals surface area contributed by atoms with Gasteiger partial charge in [0.25, 0.3) is 0 Å². The molecular formula is C17H22N2O2. The maximum Gasteiger partial charge on any atom is 0.0947 e. The summed E-state index contributed by atoms with van der Waals surface area (Å²) < 4.78 is 11.1. The van der Waals surface area contributed by atoms with Gasteiger partial charge in [0.05, 0.1) is 18.6 Å². The van der Waals surface area contributed by atoms with Gasteiger partial charge in [0.1, 0.15) is 0 Å². The van der Waals surface area contributed by atoms with Crippen molar-refractivity contribution < 1.29 is 9.15 Å². The highest BCUT2D eigenvalue weighted by Gasteiger charge is 2.34. The maximum atomic E-state index is 5.95. The number of ether oxygens (including phenoxy) is 1. The van der Waals surface area contributed by atoms with Gasteiger partial charge in [0.15, 0.2) is 0 Å². The molecule has 4 heteroatoms. The minimum absolute atomic E-state index is 0.308. The summed E-state index contributed by atoms with van der Waals surface area (Å²) in [6, 6.07) is 6.59. The van der Waals surface area contributed by atoms with Crippen molar-refractivity contribution in [3.8, 4) is 0 Å². The minimum Gasteiger partial charge on any atom is -0.472 e. The van der Waals surface area contributed by atoms with Crippen molar-refractivity contribution in [2.45, 2.75) is 38.5 Å². The number of hydrogen-bond donors (Lipinski definition) is 0. The van der Waals surface area contributed by atoms with E-state index in [1.165, 1.54) is 11.1 Å². The van der Waals surface area contributed by atoms with Crippen molar-refractivity contribution >= 4 is 0 Å². The van der Waals surface area contributed by atoms with Gasteiger partial charge in [-0.1, -0.05) is 6.07 Å². The fourth-order valence-electron chi connectivity index (χ4n) is 3.13. The number of rotatable bonds is 6. The van der Waals surface area contributed by atoms with E-state index in [1.54, 1.807) is 6.26 Å². The second-order valence-corrected chi connectivity index (χ2v) is 5.52. The SMILES string of the molecule is CCO[C@@H]1CCN(Cc2ccoc2)[C@@H]1Cc1cccnc1. The summed E-state index contributed by atoms with van der Waals surface area (Å²) in [4.78, 5) is 6.72. The summed E-state index contributed by atoms with van der Waals surface area (Å²) in [6.45, 7) is 4.83. The molecule has 1 saturated heterocycles. The first-order chi connectivity index (χ1) is 10.4. The van der Waals surface area contributed by atoms with Crippen LogP contribution in [0.3, 0.4) is 0 Å². The summed E-state index contributed by atoms with van der Waals surface area (Å²) >= 11 is 0. The number of furan rings is 1. The summed E-state index contributed by atoms with van der Waals surface area (Å²) in [5, 5.41) is 0. The summed E-state index contributed by atoms with van der Waals surface area (Å²) in [7, 11) is 0. The molecule has 0 bridgehead atoms. The molecule has 0 amide bonds. The molecular weight excluding hydrogens is 264 g/mol. The molecule has 0 aromatic carbocycles. The van der Waals surface area contributed by atoms with Crippen LogP contribution in [0.15, 0.2) is 47.5 Å². The third kappa shape index (κ3) is 3.52. The highest BCUT2D eigenvalue weighted by atomic mass is 16.5. The summed E-state index contributed by atoms with van der Waals surface area (Å²) in [5.74, 6) is 0. The third-order valence-corrected chi connectivity index (χ3v) is 4.11. The van der Waals surface area contributed by atoms with Crippen LogP contribution in [0.1, 0.15) is 24.5 Å². The zero-order valence-corrected chi connectivity index (χ0v) is 12.4. The van der Waals surface area contributed by atoms with E-state index in [0.717, 1.165) is 32.5 Å². The Hall–Kier alpha value is -1.65. The monoisotopic (exact) mass is 286 g/mol. The van der Waals surface area contributed by atoms with Crippen LogP contribution in [-0.4, -0.2) is 35.2 Å². The molecule has 1 aliphatic rings. The molecule has 2 atom stereocenters. The van der Waals surface area contributed by atoms with E-state index in [9.17, 15) is 0 Å². The zero-order chi connectivity index (χ0) is 14.5. The lowest BCUT2D eigenvalue weighted by Gasteiger charge is -2.27. The lowest BCUT2D eigenvalue weighted by Crippen LogP contribution is -2.37. The zero-order valence-electron chi connectivity index (χ0n) is 12.4. The van der Waals surface area contributed by atoms with E-state index in [0.29, 0.717) is 12.1 Å². The van der Waals surface area contributed by atoms with Crippen molar-refractivity contribution in [1.82, 2.24) is 9.88 Å². The van der Waals surface area contributed by atoms with E-state index in [-0.39, 0.29) is 0 Å². The molecule has 21 heavy (non-hydrogen) atoms. The van der Waals surface area contributed by atoms with Crippen LogP contribution in [0.2, 0.25) is 0 Å². The Labute approximate surface area is 125 Å². The molecule has 3 rings (SSSR count). The topological polar surface area (TPSA) is 38.5 Å². The van der Waals surface area contributed by atoms with E-state index in [2.05, 4.69) is 22.9 Å². The van der Waals surface area contributed by atoms with Gasteiger partial charge in [-0.3, -0.25) is 9.88 Å². The molecule has 112 valence electrons. The predicted octanol–water partition coefficient (Wildman–Crippen LogP) is 2.90. The van der Waals surface area contributed by atoms with Crippen LogP contribution >= 0.6 is 0 Å². The van der Waals surface area contributed by atoms with Gasteiger partial charge in [-0.15, -0.1) is 0 Å². The fourth-order valence-corrected chi connectivity index (χ4v) is 3.13. The number of aromatic nitrogens is 1. The second-order valence-electron chi connectivity index (χ2n) is 5.52. The van der Waals surface area contributed by atoms with Crippen LogP contribution in [0.25, 0.3) is 0 Å². The Kier molecular flexibility index (Phi) is 4.68. The van der Waals surface area contributed by atoms with E-state index in [1.807, 2.05) is 30.8 Å². The van der Waals surface area contributed by atoms with Gasteiger partial charge in [-0.25, -0.2) is 0 Å².